The van der Waals surface area contributed by atoms with Gasteiger partial charge in [-0.25, -0.2) is 0 Å². The van der Waals surface area contributed by atoms with E-state index < -0.39 is 13.7 Å². The van der Waals surface area contributed by atoms with Crippen molar-refractivity contribution in [2.45, 2.75) is 0 Å². The summed E-state index contributed by atoms with van der Waals surface area (Å²) in [6, 6.07) is 15.8. The lowest BCUT2D eigenvalue weighted by Crippen LogP contribution is -2.12. The summed E-state index contributed by atoms with van der Waals surface area (Å²) in [5, 5.41) is 1.54. The maximum atomic E-state index is 12.2. The standard InChI is InChI=1S/C13H12NO2P/c14-13(15)10-6-8-12(9-7-10)17(16)11-4-2-1-3-5-11/h1-9,17H,(H2,14,15). The summed E-state index contributed by atoms with van der Waals surface area (Å²) in [6.45, 7) is 0. The Morgan fingerprint density at radius 3 is 1.94 bits per heavy atom. The first-order chi connectivity index (χ1) is 8.18. The molecular formula is C13H12NO2P. The molecule has 0 fully saturated rings. The van der Waals surface area contributed by atoms with Gasteiger partial charge in [0.2, 0.25) is 5.91 Å². The smallest absolute Gasteiger partial charge is 0.248 e. The van der Waals surface area contributed by atoms with E-state index in [0.717, 1.165) is 10.6 Å². The van der Waals surface area contributed by atoms with E-state index in [9.17, 15) is 9.36 Å². The Morgan fingerprint density at radius 2 is 1.41 bits per heavy atom. The second-order valence-electron chi connectivity index (χ2n) is 3.64. The van der Waals surface area contributed by atoms with Gasteiger partial charge >= 0.3 is 0 Å². The van der Waals surface area contributed by atoms with Gasteiger partial charge in [-0.3, -0.25) is 4.79 Å². The van der Waals surface area contributed by atoms with Crippen LogP contribution in [0.1, 0.15) is 10.4 Å². The van der Waals surface area contributed by atoms with Crippen LogP contribution in [0.5, 0.6) is 0 Å². The number of benzene rings is 2. The molecule has 1 amide bonds. The van der Waals surface area contributed by atoms with Gasteiger partial charge in [0.1, 0.15) is 7.80 Å². The fraction of sp³-hybridized carbons (Fsp3) is 0. The van der Waals surface area contributed by atoms with E-state index in [4.69, 9.17) is 5.73 Å². The lowest BCUT2D eigenvalue weighted by molar-refractivity contribution is 0.100. The Kier molecular flexibility index (Phi) is 3.40. The molecule has 0 aliphatic rings. The van der Waals surface area contributed by atoms with Crippen molar-refractivity contribution in [3.63, 3.8) is 0 Å². The van der Waals surface area contributed by atoms with Gasteiger partial charge in [0, 0.05) is 16.2 Å². The van der Waals surface area contributed by atoms with Crippen molar-refractivity contribution < 1.29 is 9.36 Å². The Morgan fingerprint density at radius 1 is 0.882 bits per heavy atom. The number of carbonyl (C=O) groups is 1. The molecule has 0 radical (unpaired) electrons. The van der Waals surface area contributed by atoms with Crippen LogP contribution < -0.4 is 16.3 Å². The molecule has 0 heterocycles. The predicted molar refractivity (Wildman–Crippen MR) is 69.7 cm³/mol. The first kappa shape index (κ1) is 11.6. The summed E-state index contributed by atoms with van der Waals surface area (Å²) in [4.78, 5) is 10.9. The summed E-state index contributed by atoms with van der Waals surface area (Å²) in [7, 11) is -1.99. The highest BCUT2D eigenvalue weighted by atomic mass is 31.1. The number of amides is 1. The molecule has 2 N–H and O–H groups in total. The van der Waals surface area contributed by atoms with Gasteiger partial charge in [-0.2, -0.15) is 0 Å². The van der Waals surface area contributed by atoms with Crippen molar-refractivity contribution in [2.24, 2.45) is 5.73 Å². The zero-order valence-corrected chi connectivity index (χ0v) is 10.1. The maximum Gasteiger partial charge on any atom is 0.248 e. The fourth-order valence-corrected chi connectivity index (χ4v) is 2.84. The highest BCUT2D eigenvalue weighted by molar-refractivity contribution is 7.61. The van der Waals surface area contributed by atoms with E-state index >= 15 is 0 Å². The Balaban J connectivity index is 2.30. The Hall–Kier alpha value is -1.86. The van der Waals surface area contributed by atoms with Crippen LogP contribution in [0.25, 0.3) is 0 Å². The molecule has 0 aliphatic heterocycles. The fourth-order valence-electron chi connectivity index (χ4n) is 1.54. The molecular weight excluding hydrogens is 233 g/mol. The molecule has 17 heavy (non-hydrogen) atoms. The molecule has 0 saturated heterocycles. The van der Waals surface area contributed by atoms with Crippen molar-refractivity contribution in [1.82, 2.24) is 0 Å². The molecule has 0 saturated carbocycles. The van der Waals surface area contributed by atoms with E-state index in [2.05, 4.69) is 0 Å². The highest BCUT2D eigenvalue weighted by Crippen LogP contribution is 2.19. The average molecular weight is 245 g/mol. The van der Waals surface area contributed by atoms with Crippen molar-refractivity contribution in [3.8, 4) is 0 Å². The van der Waals surface area contributed by atoms with Crippen LogP contribution in [0.15, 0.2) is 54.6 Å². The number of primary amides is 1. The first-order valence-corrected chi connectivity index (χ1v) is 6.59. The zero-order valence-electron chi connectivity index (χ0n) is 9.09. The van der Waals surface area contributed by atoms with Gasteiger partial charge in [0.15, 0.2) is 0 Å². The number of carbonyl (C=O) groups excluding carboxylic acids is 1. The van der Waals surface area contributed by atoms with Crippen LogP contribution in [-0.2, 0) is 4.57 Å². The van der Waals surface area contributed by atoms with Gasteiger partial charge in [-0.15, -0.1) is 0 Å². The predicted octanol–water partition coefficient (Wildman–Crippen LogP) is 1.30. The first-order valence-electron chi connectivity index (χ1n) is 5.18. The molecule has 86 valence electrons. The Labute approximate surface area is 100 Å². The summed E-state index contributed by atoms with van der Waals surface area (Å²) < 4.78 is 12.2. The highest BCUT2D eigenvalue weighted by Gasteiger charge is 2.07. The second kappa shape index (κ2) is 4.98. The normalized spacial score (nSPS) is 12.0. The van der Waals surface area contributed by atoms with Gasteiger partial charge in [-0.1, -0.05) is 42.5 Å². The van der Waals surface area contributed by atoms with Crippen molar-refractivity contribution in [3.05, 3.63) is 60.2 Å². The lowest BCUT2D eigenvalue weighted by atomic mass is 10.2. The summed E-state index contributed by atoms with van der Waals surface area (Å²) in [5.41, 5.74) is 5.57. The zero-order chi connectivity index (χ0) is 12.3. The molecule has 4 heteroatoms. The molecule has 0 spiro atoms. The van der Waals surface area contributed by atoms with E-state index in [1.165, 1.54) is 0 Å². The third kappa shape index (κ3) is 2.63. The summed E-state index contributed by atoms with van der Waals surface area (Å²) in [5.74, 6) is -0.476. The molecule has 0 bridgehead atoms. The van der Waals surface area contributed by atoms with E-state index in [0.29, 0.717) is 5.56 Å². The van der Waals surface area contributed by atoms with Crippen LogP contribution in [0.3, 0.4) is 0 Å². The van der Waals surface area contributed by atoms with Crippen molar-refractivity contribution in [1.29, 1.82) is 0 Å². The molecule has 1 unspecified atom stereocenters. The van der Waals surface area contributed by atoms with Gasteiger partial charge in [0.05, 0.1) is 0 Å². The van der Waals surface area contributed by atoms with Crippen molar-refractivity contribution >= 4 is 24.3 Å². The van der Waals surface area contributed by atoms with Crippen LogP contribution in [-0.4, -0.2) is 5.91 Å². The topological polar surface area (TPSA) is 60.2 Å². The molecule has 2 aromatic carbocycles. The minimum absolute atomic E-state index is 0.427. The Bertz CT molecular complexity index is 549. The second-order valence-corrected chi connectivity index (χ2v) is 5.45. The third-order valence-corrected chi connectivity index (χ3v) is 4.18. The van der Waals surface area contributed by atoms with Crippen LogP contribution in [0, 0.1) is 0 Å². The monoisotopic (exact) mass is 245 g/mol. The lowest BCUT2D eigenvalue weighted by Gasteiger charge is -2.03. The number of hydrogen-bond acceptors (Lipinski definition) is 2. The maximum absolute atomic E-state index is 12.2. The van der Waals surface area contributed by atoms with Crippen LogP contribution in [0.4, 0.5) is 0 Å². The quantitative estimate of drug-likeness (QED) is 0.828. The van der Waals surface area contributed by atoms with Gasteiger partial charge < -0.3 is 10.3 Å². The average Bonchev–Trinajstić information content (AvgIpc) is 2.39. The largest absolute Gasteiger partial charge is 0.366 e. The summed E-state index contributed by atoms with van der Waals surface area (Å²) >= 11 is 0. The summed E-state index contributed by atoms with van der Waals surface area (Å²) in [6.07, 6.45) is 0. The SMILES string of the molecule is NC(=O)c1ccc([PH](=O)c2ccccc2)cc1. The number of nitrogens with two attached hydrogens (primary N) is 1. The minimum atomic E-state index is -1.99. The number of rotatable bonds is 3. The number of hydrogen-bond donors (Lipinski definition) is 1. The molecule has 0 aromatic heterocycles. The molecule has 2 aromatic rings. The van der Waals surface area contributed by atoms with Gasteiger partial charge in [-0.05, 0) is 12.1 Å². The van der Waals surface area contributed by atoms with E-state index in [1.54, 1.807) is 24.3 Å². The molecule has 2 rings (SSSR count). The van der Waals surface area contributed by atoms with Gasteiger partial charge in [0.25, 0.3) is 0 Å². The molecule has 3 nitrogen and oxygen atoms in total. The van der Waals surface area contributed by atoms with Crippen molar-refractivity contribution in [2.75, 3.05) is 0 Å². The molecule has 0 aliphatic carbocycles. The van der Waals surface area contributed by atoms with Crippen LogP contribution in [0.2, 0.25) is 0 Å². The molecule has 1 atom stereocenters. The van der Waals surface area contributed by atoms with E-state index in [1.807, 2.05) is 30.3 Å². The van der Waals surface area contributed by atoms with Crippen LogP contribution >= 0.6 is 7.80 Å². The van der Waals surface area contributed by atoms with E-state index in [-0.39, 0.29) is 0 Å². The third-order valence-electron chi connectivity index (χ3n) is 2.47. The minimum Gasteiger partial charge on any atom is -0.366 e.